The first-order valence-corrected chi connectivity index (χ1v) is 7.96. The van der Waals surface area contributed by atoms with E-state index in [0.717, 1.165) is 29.9 Å². The van der Waals surface area contributed by atoms with E-state index in [1.54, 1.807) is 0 Å². The molecule has 118 valence electrons. The van der Waals surface area contributed by atoms with Crippen LogP contribution >= 0.6 is 0 Å². The zero-order valence-electron chi connectivity index (χ0n) is 14.2. The maximum Gasteiger partial charge on any atom is 0.268 e. The standard InChI is InChI=1S/C19H26N2O/c1-6-15(4)20-19(22)18-14(3)11-16(5)21(18)12-17-10-8-7-9-13(17)2/h7-11,15H,6,12H2,1-5H3,(H,20,22). The van der Waals surface area contributed by atoms with E-state index in [2.05, 4.69) is 48.9 Å². The molecule has 0 aliphatic heterocycles. The third-order valence-electron chi connectivity index (χ3n) is 4.29. The van der Waals surface area contributed by atoms with Crippen LogP contribution in [-0.4, -0.2) is 16.5 Å². The predicted octanol–water partition coefficient (Wildman–Crippen LogP) is 3.99. The molecule has 0 saturated carbocycles. The van der Waals surface area contributed by atoms with Crippen molar-refractivity contribution in [2.75, 3.05) is 0 Å². The Balaban J connectivity index is 2.36. The van der Waals surface area contributed by atoms with E-state index in [1.807, 2.05) is 26.0 Å². The lowest BCUT2D eigenvalue weighted by atomic mass is 10.1. The van der Waals surface area contributed by atoms with Gasteiger partial charge in [-0.15, -0.1) is 0 Å². The third-order valence-corrected chi connectivity index (χ3v) is 4.29. The Bertz CT molecular complexity index is 670. The van der Waals surface area contributed by atoms with E-state index in [9.17, 15) is 4.79 Å². The van der Waals surface area contributed by atoms with Gasteiger partial charge in [0.1, 0.15) is 5.69 Å². The Kier molecular flexibility index (Phi) is 5.07. The lowest BCUT2D eigenvalue weighted by molar-refractivity contribution is 0.0929. The second-order valence-electron chi connectivity index (χ2n) is 6.11. The number of rotatable bonds is 5. The molecule has 0 saturated heterocycles. The van der Waals surface area contributed by atoms with Crippen molar-refractivity contribution >= 4 is 5.91 Å². The topological polar surface area (TPSA) is 34.0 Å². The molecule has 2 aromatic rings. The Morgan fingerprint density at radius 1 is 1.18 bits per heavy atom. The van der Waals surface area contributed by atoms with Crippen molar-refractivity contribution in [3.8, 4) is 0 Å². The van der Waals surface area contributed by atoms with Gasteiger partial charge in [-0.25, -0.2) is 0 Å². The first-order chi connectivity index (χ1) is 10.4. The average molecular weight is 298 g/mol. The predicted molar refractivity (Wildman–Crippen MR) is 91.4 cm³/mol. The fraction of sp³-hybridized carbons (Fsp3) is 0.421. The summed E-state index contributed by atoms with van der Waals surface area (Å²) in [5, 5.41) is 3.08. The zero-order valence-corrected chi connectivity index (χ0v) is 14.2. The SMILES string of the molecule is CCC(C)NC(=O)c1c(C)cc(C)n1Cc1ccccc1C. The van der Waals surface area contributed by atoms with E-state index in [0.29, 0.717) is 0 Å². The first kappa shape index (κ1) is 16.3. The highest BCUT2D eigenvalue weighted by molar-refractivity contribution is 5.94. The molecule has 1 aromatic heterocycles. The minimum absolute atomic E-state index is 0.0218. The molecule has 0 fully saturated rings. The van der Waals surface area contributed by atoms with Gasteiger partial charge in [0.05, 0.1) is 0 Å². The van der Waals surface area contributed by atoms with Crippen LogP contribution in [0.3, 0.4) is 0 Å². The van der Waals surface area contributed by atoms with E-state index < -0.39 is 0 Å². The number of carbonyl (C=O) groups is 1. The van der Waals surface area contributed by atoms with E-state index in [1.165, 1.54) is 11.1 Å². The van der Waals surface area contributed by atoms with Crippen molar-refractivity contribution in [2.45, 2.75) is 53.6 Å². The fourth-order valence-corrected chi connectivity index (χ4v) is 2.71. The molecule has 3 heteroatoms. The van der Waals surface area contributed by atoms with Crippen LogP contribution in [0.1, 0.15) is 53.1 Å². The van der Waals surface area contributed by atoms with Gasteiger partial charge in [0.15, 0.2) is 0 Å². The molecule has 1 amide bonds. The Morgan fingerprint density at radius 3 is 2.50 bits per heavy atom. The molecule has 0 bridgehead atoms. The molecule has 0 aliphatic rings. The molecule has 0 spiro atoms. The highest BCUT2D eigenvalue weighted by Crippen LogP contribution is 2.19. The quantitative estimate of drug-likeness (QED) is 0.889. The van der Waals surface area contributed by atoms with Crippen LogP contribution in [0.15, 0.2) is 30.3 Å². The Labute approximate surface area is 133 Å². The van der Waals surface area contributed by atoms with Gasteiger partial charge in [-0.2, -0.15) is 0 Å². The van der Waals surface area contributed by atoms with Crippen molar-refractivity contribution in [3.05, 3.63) is 58.4 Å². The van der Waals surface area contributed by atoms with Crippen molar-refractivity contribution in [2.24, 2.45) is 0 Å². The molecule has 1 unspecified atom stereocenters. The highest BCUT2D eigenvalue weighted by Gasteiger charge is 2.18. The Morgan fingerprint density at radius 2 is 1.86 bits per heavy atom. The summed E-state index contributed by atoms with van der Waals surface area (Å²) >= 11 is 0. The lowest BCUT2D eigenvalue weighted by Gasteiger charge is -2.16. The Hall–Kier alpha value is -2.03. The highest BCUT2D eigenvalue weighted by atomic mass is 16.2. The lowest BCUT2D eigenvalue weighted by Crippen LogP contribution is -2.34. The molecule has 0 radical (unpaired) electrons. The van der Waals surface area contributed by atoms with Gasteiger partial charge in [0.2, 0.25) is 0 Å². The van der Waals surface area contributed by atoms with Gasteiger partial charge in [-0.1, -0.05) is 31.2 Å². The second kappa shape index (κ2) is 6.82. The number of nitrogens with one attached hydrogen (secondary N) is 1. The van der Waals surface area contributed by atoms with Crippen LogP contribution in [0.5, 0.6) is 0 Å². The van der Waals surface area contributed by atoms with Gasteiger partial charge in [-0.05, 0) is 56.9 Å². The van der Waals surface area contributed by atoms with Crippen LogP contribution < -0.4 is 5.32 Å². The van der Waals surface area contributed by atoms with Crippen LogP contribution in [0, 0.1) is 20.8 Å². The number of nitrogens with zero attached hydrogens (tertiary/aromatic N) is 1. The average Bonchev–Trinajstić information content (AvgIpc) is 2.75. The molecule has 0 aliphatic carbocycles. The largest absolute Gasteiger partial charge is 0.348 e. The van der Waals surface area contributed by atoms with E-state index >= 15 is 0 Å². The summed E-state index contributed by atoms with van der Waals surface area (Å²) in [6.45, 7) is 11.0. The van der Waals surface area contributed by atoms with Crippen LogP contribution in [-0.2, 0) is 6.54 Å². The summed E-state index contributed by atoms with van der Waals surface area (Å²) in [5.41, 5.74) is 5.43. The van der Waals surface area contributed by atoms with Crippen LogP contribution in [0.2, 0.25) is 0 Å². The minimum atomic E-state index is 0.0218. The molecule has 1 atom stereocenters. The van der Waals surface area contributed by atoms with Crippen LogP contribution in [0.4, 0.5) is 0 Å². The summed E-state index contributed by atoms with van der Waals surface area (Å²) in [6, 6.07) is 10.6. The molecule has 1 N–H and O–H groups in total. The normalized spacial score (nSPS) is 12.2. The fourth-order valence-electron chi connectivity index (χ4n) is 2.71. The van der Waals surface area contributed by atoms with Crippen LogP contribution in [0.25, 0.3) is 0 Å². The minimum Gasteiger partial charge on any atom is -0.348 e. The number of amides is 1. The maximum absolute atomic E-state index is 12.6. The molecule has 22 heavy (non-hydrogen) atoms. The summed E-state index contributed by atoms with van der Waals surface area (Å²) in [5.74, 6) is 0.0218. The molecular weight excluding hydrogens is 272 g/mol. The third kappa shape index (κ3) is 3.41. The van der Waals surface area contributed by atoms with Crippen molar-refractivity contribution in [3.63, 3.8) is 0 Å². The smallest absolute Gasteiger partial charge is 0.268 e. The van der Waals surface area contributed by atoms with Gasteiger partial charge < -0.3 is 9.88 Å². The van der Waals surface area contributed by atoms with Crippen molar-refractivity contribution < 1.29 is 4.79 Å². The molecule has 2 rings (SSSR count). The monoisotopic (exact) mass is 298 g/mol. The van der Waals surface area contributed by atoms with Gasteiger partial charge >= 0.3 is 0 Å². The number of benzene rings is 1. The summed E-state index contributed by atoms with van der Waals surface area (Å²) < 4.78 is 2.12. The second-order valence-corrected chi connectivity index (χ2v) is 6.11. The van der Waals surface area contributed by atoms with Crippen molar-refractivity contribution in [1.29, 1.82) is 0 Å². The van der Waals surface area contributed by atoms with E-state index in [4.69, 9.17) is 0 Å². The van der Waals surface area contributed by atoms with Gasteiger partial charge in [-0.3, -0.25) is 4.79 Å². The zero-order chi connectivity index (χ0) is 16.3. The van der Waals surface area contributed by atoms with E-state index in [-0.39, 0.29) is 11.9 Å². The number of aromatic nitrogens is 1. The first-order valence-electron chi connectivity index (χ1n) is 7.96. The van der Waals surface area contributed by atoms with Crippen molar-refractivity contribution in [1.82, 2.24) is 9.88 Å². The van der Waals surface area contributed by atoms with Gasteiger partial charge in [0.25, 0.3) is 5.91 Å². The molecule has 1 heterocycles. The summed E-state index contributed by atoms with van der Waals surface area (Å²) in [4.78, 5) is 12.6. The molecular formula is C19H26N2O. The summed E-state index contributed by atoms with van der Waals surface area (Å²) in [6.07, 6.45) is 0.933. The maximum atomic E-state index is 12.6. The number of hydrogen-bond donors (Lipinski definition) is 1. The molecule has 1 aromatic carbocycles. The number of hydrogen-bond acceptors (Lipinski definition) is 1. The number of carbonyl (C=O) groups excluding carboxylic acids is 1. The summed E-state index contributed by atoms with van der Waals surface area (Å²) in [7, 11) is 0. The van der Waals surface area contributed by atoms with Gasteiger partial charge in [0, 0.05) is 18.3 Å². The molecule has 3 nitrogen and oxygen atoms in total. The number of aryl methyl sites for hydroxylation is 3.